The van der Waals surface area contributed by atoms with Crippen molar-refractivity contribution in [2.75, 3.05) is 0 Å². The molecule has 0 aliphatic heterocycles. The van der Waals surface area contributed by atoms with Gasteiger partial charge in [-0.05, 0) is 13.8 Å². The maximum Gasteiger partial charge on any atom is 0.233 e. The number of carbonyl (C=O) groups excluding carboxylic acids is 1. The van der Waals surface area contributed by atoms with Crippen molar-refractivity contribution in [1.29, 1.82) is 0 Å². The lowest BCUT2D eigenvalue weighted by atomic mass is 9.91. The number of aryl methyl sites for hydroxylation is 1. The minimum absolute atomic E-state index is 0.130. The fraction of sp³-hybridized carbons (Fsp3) is 0.500. The summed E-state index contributed by atoms with van der Waals surface area (Å²) in [6.07, 6.45) is 3.44. The van der Waals surface area contributed by atoms with E-state index in [0.717, 1.165) is 5.82 Å². The van der Waals surface area contributed by atoms with Crippen LogP contribution >= 0.6 is 0 Å². The zero-order valence-electron chi connectivity index (χ0n) is 10.1. The Hall–Kier alpha value is -2.05. The standard InChI is InChI=1S/C10H17N5O2/c1-10(2,8(11)14-17)9(16)13-6-7-12-4-5-15(7)3/h4-5,17H,6H2,1-3H3,(H2,11,14)(H,13,16). The first-order valence-corrected chi connectivity index (χ1v) is 5.12. The minimum atomic E-state index is -1.06. The Morgan fingerprint density at radius 2 is 2.35 bits per heavy atom. The van der Waals surface area contributed by atoms with E-state index in [9.17, 15) is 4.79 Å². The third-order valence-corrected chi connectivity index (χ3v) is 2.64. The molecule has 0 radical (unpaired) electrons. The molecule has 1 heterocycles. The molecule has 4 N–H and O–H groups in total. The van der Waals surface area contributed by atoms with E-state index in [-0.39, 0.29) is 11.7 Å². The summed E-state index contributed by atoms with van der Waals surface area (Å²) < 4.78 is 1.80. The Bertz CT molecular complexity index is 436. The van der Waals surface area contributed by atoms with Crippen LogP contribution in [0.15, 0.2) is 17.5 Å². The molecule has 1 rings (SSSR count). The van der Waals surface area contributed by atoms with Crippen molar-refractivity contribution in [3.8, 4) is 0 Å². The van der Waals surface area contributed by atoms with Crippen molar-refractivity contribution in [2.24, 2.45) is 23.4 Å². The molecule has 7 nitrogen and oxygen atoms in total. The summed E-state index contributed by atoms with van der Waals surface area (Å²) in [7, 11) is 1.84. The molecule has 17 heavy (non-hydrogen) atoms. The molecule has 0 bridgehead atoms. The quantitative estimate of drug-likeness (QED) is 0.293. The van der Waals surface area contributed by atoms with Crippen LogP contribution in [0.3, 0.4) is 0 Å². The van der Waals surface area contributed by atoms with Crippen LogP contribution in [0.2, 0.25) is 0 Å². The zero-order chi connectivity index (χ0) is 13.1. The van der Waals surface area contributed by atoms with Crippen molar-refractivity contribution in [3.63, 3.8) is 0 Å². The molecule has 0 spiro atoms. The van der Waals surface area contributed by atoms with Gasteiger partial charge in [-0.3, -0.25) is 4.79 Å². The summed E-state index contributed by atoms with van der Waals surface area (Å²) in [6.45, 7) is 3.45. The van der Waals surface area contributed by atoms with E-state index in [1.807, 2.05) is 7.05 Å². The van der Waals surface area contributed by atoms with Crippen molar-refractivity contribution < 1.29 is 10.0 Å². The monoisotopic (exact) mass is 239 g/mol. The summed E-state index contributed by atoms with van der Waals surface area (Å²) in [4.78, 5) is 15.9. The van der Waals surface area contributed by atoms with Gasteiger partial charge >= 0.3 is 0 Å². The summed E-state index contributed by atoms with van der Waals surface area (Å²) in [6, 6.07) is 0. The SMILES string of the molecule is Cn1ccnc1CNC(=O)C(C)(C)C(N)=NO. The van der Waals surface area contributed by atoms with E-state index >= 15 is 0 Å². The van der Waals surface area contributed by atoms with Crippen molar-refractivity contribution in [1.82, 2.24) is 14.9 Å². The van der Waals surface area contributed by atoms with E-state index in [1.165, 1.54) is 0 Å². The minimum Gasteiger partial charge on any atom is -0.409 e. The summed E-state index contributed by atoms with van der Waals surface area (Å²) in [5.74, 6) is 0.277. The number of imidazole rings is 1. The first-order chi connectivity index (χ1) is 7.89. The number of hydrogen-bond donors (Lipinski definition) is 3. The highest BCUT2D eigenvalue weighted by atomic mass is 16.4. The van der Waals surface area contributed by atoms with E-state index in [0.29, 0.717) is 6.54 Å². The van der Waals surface area contributed by atoms with Gasteiger partial charge in [-0.2, -0.15) is 0 Å². The van der Waals surface area contributed by atoms with Crippen LogP contribution in [0.25, 0.3) is 0 Å². The molecule has 1 amide bonds. The van der Waals surface area contributed by atoms with Crippen LogP contribution in [0, 0.1) is 5.41 Å². The van der Waals surface area contributed by atoms with E-state index in [4.69, 9.17) is 10.9 Å². The molecule has 0 saturated heterocycles. The molecule has 7 heteroatoms. The fourth-order valence-electron chi connectivity index (χ4n) is 1.19. The molecule has 0 atom stereocenters. The molecule has 0 aliphatic rings. The number of oxime groups is 1. The van der Waals surface area contributed by atoms with E-state index in [1.54, 1.807) is 30.8 Å². The van der Waals surface area contributed by atoms with Gasteiger partial charge in [0.15, 0.2) is 5.84 Å². The van der Waals surface area contributed by atoms with E-state index < -0.39 is 5.41 Å². The average molecular weight is 239 g/mol. The smallest absolute Gasteiger partial charge is 0.233 e. The Kier molecular flexibility index (Phi) is 3.72. The number of nitrogens with two attached hydrogens (primary N) is 1. The Balaban J connectivity index is 2.65. The number of nitrogens with zero attached hydrogens (tertiary/aromatic N) is 3. The van der Waals surface area contributed by atoms with Crippen molar-refractivity contribution in [2.45, 2.75) is 20.4 Å². The van der Waals surface area contributed by atoms with Crippen molar-refractivity contribution >= 4 is 11.7 Å². The highest BCUT2D eigenvalue weighted by Crippen LogP contribution is 2.15. The van der Waals surface area contributed by atoms with E-state index in [2.05, 4.69) is 15.5 Å². The molecular formula is C10H17N5O2. The molecule has 0 aliphatic carbocycles. The first kappa shape index (κ1) is 13.0. The molecule has 1 aromatic heterocycles. The lowest BCUT2D eigenvalue weighted by Crippen LogP contribution is -2.45. The average Bonchev–Trinajstić information content (AvgIpc) is 2.70. The molecule has 94 valence electrons. The van der Waals surface area contributed by atoms with Crippen LogP contribution in [-0.4, -0.2) is 26.5 Å². The Morgan fingerprint density at radius 1 is 1.71 bits per heavy atom. The molecule has 0 aromatic carbocycles. The topological polar surface area (TPSA) is 106 Å². The van der Waals surface area contributed by atoms with Gasteiger partial charge in [0, 0.05) is 19.4 Å². The van der Waals surface area contributed by atoms with Gasteiger partial charge in [0.25, 0.3) is 0 Å². The van der Waals surface area contributed by atoms with Gasteiger partial charge in [-0.15, -0.1) is 0 Å². The predicted molar refractivity (Wildman–Crippen MR) is 62.2 cm³/mol. The number of amides is 1. The summed E-state index contributed by atoms with van der Waals surface area (Å²) in [5.41, 5.74) is 4.39. The van der Waals surface area contributed by atoms with Gasteiger partial charge in [0.2, 0.25) is 5.91 Å². The maximum absolute atomic E-state index is 11.9. The molecule has 0 unspecified atom stereocenters. The zero-order valence-corrected chi connectivity index (χ0v) is 10.1. The number of amidine groups is 1. The second-order valence-corrected chi connectivity index (χ2v) is 4.25. The number of rotatable bonds is 4. The Morgan fingerprint density at radius 3 is 2.82 bits per heavy atom. The molecule has 1 aromatic rings. The maximum atomic E-state index is 11.9. The second-order valence-electron chi connectivity index (χ2n) is 4.25. The van der Waals surface area contributed by atoms with Gasteiger partial charge in [-0.1, -0.05) is 5.16 Å². The van der Waals surface area contributed by atoms with Crippen LogP contribution in [-0.2, 0) is 18.4 Å². The third kappa shape index (κ3) is 2.74. The van der Waals surface area contributed by atoms with Crippen LogP contribution in [0.1, 0.15) is 19.7 Å². The highest BCUT2D eigenvalue weighted by molar-refractivity contribution is 6.05. The van der Waals surface area contributed by atoms with Crippen LogP contribution in [0.5, 0.6) is 0 Å². The molecular weight excluding hydrogens is 222 g/mol. The number of hydrogen-bond acceptors (Lipinski definition) is 4. The summed E-state index contributed by atoms with van der Waals surface area (Å²) in [5, 5.41) is 14.1. The lowest BCUT2D eigenvalue weighted by Gasteiger charge is -2.21. The van der Waals surface area contributed by atoms with Crippen LogP contribution in [0.4, 0.5) is 0 Å². The first-order valence-electron chi connectivity index (χ1n) is 5.12. The fourth-order valence-corrected chi connectivity index (χ4v) is 1.19. The highest BCUT2D eigenvalue weighted by Gasteiger charge is 2.32. The van der Waals surface area contributed by atoms with Gasteiger partial charge in [-0.25, -0.2) is 4.98 Å². The molecule has 0 saturated carbocycles. The van der Waals surface area contributed by atoms with Gasteiger partial charge < -0.3 is 20.8 Å². The Labute approximate surface area is 99.3 Å². The summed E-state index contributed by atoms with van der Waals surface area (Å²) >= 11 is 0. The van der Waals surface area contributed by atoms with Crippen molar-refractivity contribution in [3.05, 3.63) is 18.2 Å². The third-order valence-electron chi connectivity index (χ3n) is 2.64. The normalized spacial score (nSPS) is 12.5. The number of aromatic nitrogens is 2. The number of nitrogens with one attached hydrogen (secondary N) is 1. The molecule has 0 fully saturated rings. The largest absolute Gasteiger partial charge is 0.409 e. The number of carbonyl (C=O) groups is 1. The predicted octanol–water partition coefficient (Wildman–Crippen LogP) is -0.191. The lowest BCUT2D eigenvalue weighted by molar-refractivity contribution is -0.126. The van der Waals surface area contributed by atoms with Crippen LogP contribution < -0.4 is 11.1 Å². The van der Waals surface area contributed by atoms with Gasteiger partial charge in [0.05, 0.1) is 6.54 Å². The van der Waals surface area contributed by atoms with Gasteiger partial charge in [0.1, 0.15) is 11.2 Å². The second kappa shape index (κ2) is 4.86.